The molecule has 0 bridgehead atoms. The van der Waals surface area contributed by atoms with Crippen LogP contribution in [0.25, 0.3) is 0 Å². The Hall–Kier alpha value is -2.33. The number of hydrogen-bond acceptors (Lipinski definition) is 3. The van der Waals surface area contributed by atoms with E-state index in [2.05, 4.69) is 65.7 Å². The minimum Gasteiger partial charge on any atom is -0.493 e. The first kappa shape index (κ1) is 24.0. The zero-order valence-corrected chi connectivity index (χ0v) is 21.9. The summed E-state index contributed by atoms with van der Waals surface area (Å²) in [7, 11) is 0. The van der Waals surface area contributed by atoms with E-state index in [0.29, 0.717) is 30.4 Å². The van der Waals surface area contributed by atoms with Crippen LogP contribution in [0.1, 0.15) is 80.9 Å². The number of hydrogen-bond donors (Lipinski definition) is 1. The predicted octanol–water partition coefficient (Wildman–Crippen LogP) is 5.84. The number of para-hydroxylation sites is 1. The van der Waals surface area contributed by atoms with Crippen LogP contribution in [0.15, 0.2) is 48.5 Å². The van der Waals surface area contributed by atoms with Crippen molar-refractivity contribution < 1.29 is 9.53 Å². The number of carbonyl (C=O) groups is 1. The van der Waals surface area contributed by atoms with E-state index in [-0.39, 0.29) is 11.3 Å². The lowest BCUT2D eigenvalue weighted by molar-refractivity contribution is -0.143. The summed E-state index contributed by atoms with van der Waals surface area (Å²) in [6.07, 6.45) is 10.6. The highest BCUT2D eigenvalue weighted by atomic mass is 16.5. The van der Waals surface area contributed by atoms with Crippen LogP contribution in [0, 0.1) is 11.8 Å². The molecule has 4 nitrogen and oxygen atoms in total. The van der Waals surface area contributed by atoms with Gasteiger partial charge in [0.1, 0.15) is 5.75 Å². The molecule has 1 aliphatic carbocycles. The molecule has 0 radical (unpaired) electrons. The maximum atomic E-state index is 14.6. The summed E-state index contributed by atoms with van der Waals surface area (Å²) >= 11 is 0. The van der Waals surface area contributed by atoms with Crippen molar-refractivity contribution in [3.8, 4) is 5.75 Å². The van der Waals surface area contributed by atoms with Gasteiger partial charge in [0.15, 0.2) is 0 Å². The molecular weight excluding hydrogens is 444 g/mol. The first-order chi connectivity index (χ1) is 17.7. The summed E-state index contributed by atoms with van der Waals surface area (Å²) in [5.74, 6) is 2.66. The average Bonchev–Trinajstić information content (AvgIpc) is 3.37. The van der Waals surface area contributed by atoms with Crippen molar-refractivity contribution in [1.82, 2.24) is 10.2 Å². The van der Waals surface area contributed by atoms with Crippen LogP contribution in [-0.4, -0.2) is 43.1 Å². The Labute approximate surface area is 216 Å². The summed E-state index contributed by atoms with van der Waals surface area (Å²) in [6, 6.07) is 18.0. The summed E-state index contributed by atoms with van der Waals surface area (Å²) in [5.41, 5.74) is 3.84. The third-order valence-corrected chi connectivity index (χ3v) is 9.96. The second-order valence-electron chi connectivity index (χ2n) is 11.7. The lowest BCUT2D eigenvalue weighted by Crippen LogP contribution is -2.55. The molecule has 1 amide bonds. The van der Waals surface area contributed by atoms with Gasteiger partial charge in [-0.3, -0.25) is 4.79 Å². The van der Waals surface area contributed by atoms with Crippen LogP contribution in [0.2, 0.25) is 0 Å². The fourth-order valence-corrected chi connectivity index (χ4v) is 7.99. The minimum atomic E-state index is -0.150. The van der Waals surface area contributed by atoms with E-state index in [9.17, 15) is 4.79 Å². The van der Waals surface area contributed by atoms with E-state index in [1.165, 1.54) is 48.8 Å². The first-order valence-electron chi connectivity index (χ1n) is 14.5. The smallest absolute Gasteiger partial charge is 0.228 e. The number of likely N-dealkylation sites (tertiary alicyclic amines) is 1. The molecule has 2 aromatic carbocycles. The minimum absolute atomic E-state index is 0.00776. The molecular formula is C32H42N2O2. The molecule has 36 heavy (non-hydrogen) atoms. The number of ether oxygens (including phenoxy) is 1. The number of carbonyl (C=O) groups excluding carboxylic acids is 1. The number of nitrogens with zero attached hydrogens (tertiary/aromatic N) is 1. The molecule has 2 aromatic rings. The fraction of sp³-hybridized carbons (Fsp3) is 0.594. The molecule has 3 fully saturated rings. The van der Waals surface area contributed by atoms with Crippen molar-refractivity contribution >= 4 is 5.91 Å². The van der Waals surface area contributed by atoms with Gasteiger partial charge in [-0.1, -0.05) is 74.7 Å². The molecule has 3 heterocycles. The number of piperidine rings is 1. The lowest BCUT2D eigenvalue weighted by atomic mass is 9.67. The molecule has 1 N–H and O–H groups in total. The summed E-state index contributed by atoms with van der Waals surface area (Å²) in [5, 5.41) is 3.66. The van der Waals surface area contributed by atoms with Gasteiger partial charge in [-0.05, 0) is 61.5 Å². The van der Waals surface area contributed by atoms with Gasteiger partial charge in [0.2, 0.25) is 5.91 Å². The van der Waals surface area contributed by atoms with Gasteiger partial charge in [-0.15, -0.1) is 0 Å². The molecule has 1 unspecified atom stereocenters. The molecule has 6 rings (SSSR count). The molecule has 4 atom stereocenters. The topological polar surface area (TPSA) is 41.6 Å². The number of fused-ring (bicyclic) bond motifs is 2. The molecule has 2 saturated heterocycles. The van der Waals surface area contributed by atoms with E-state index in [1.807, 2.05) is 0 Å². The van der Waals surface area contributed by atoms with E-state index in [0.717, 1.165) is 51.1 Å². The van der Waals surface area contributed by atoms with Gasteiger partial charge >= 0.3 is 0 Å². The van der Waals surface area contributed by atoms with Crippen molar-refractivity contribution in [3.05, 3.63) is 65.2 Å². The molecule has 4 aliphatic rings. The lowest BCUT2D eigenvalue weighted by Gasteiger charge is -2.48. The fourth-order valence-electron chi connectivity index (χ4n) is 7.99. The van der Waals surface area contributed by atoms with Gasteiger partial charge in [-0.2, -0.15) is 0 Å². The summed E-state index contributed by atoms with van der Waals surface area (Å²) < 4.78 is 6.23. The highest BCUT2D eigenvalue weighted by Crippen LogP contribution is 2.49. The van der Waals surface area contributed by atoms with E-state index < -0.39 is 0 Å². The molecule has 3 aliphatic heterocycles. The Morgan fingerprint density at radius 2 is 1.89 bits per heavy atom. The highest BCUT2D eigenvalue weighted by molar-refractivity contribution is 5.82. The Morgan fingerprint density at radius 1 is 1.06 bits per heavy atom. The zero-order chi connectivity index (χ0) is 24.5. The first-order valence-corrected chi connectivity index (χ1v) is 14.5. The third-order valence-electron chi connectivity index (χ3n) is 9.96. The van der Waals surface area contributed by atoms with Crippen molar-refractivity contribution in [2.45, 2.75) is 82.1 Å². The van der Waals surface area contributed by atoms with Gasteiger partial charge in [0.25, 0.3) is 0 Å². The second-order valence-corrected chi connectivity index (χ2v) is 11.7. The van der Waals surface area contributed by atoms with Crippen molar-refractivity contribution in [3.63, 3.8) is 0 Å². The maximum absolute atomic E-state index is 14.6. The van der Waals surface area contributed by atoms with E-state index in [1.54, 1.807) is 0 Å². The third kappa shape index (κ3) is 4.16. The van der Waals surface area contributed by atoms with Gasteiger partial charge in [-0.25, -0.2) is 0 Å². The highest BCUT2D eigenvalue weighted by Gasteiger charge is 2.53. The number of nitrogens with one attached hydrogen (secondary N) is 1. The van der Waals surface area contributed by atoms with E-state index in [4.69, 9.17) is 4.74 Å². The Bertz CT molecular complexity index is 1060. The molecule has 0 aromatic heterocycles. The summed E-state index contributed by atoms with van der Waals surface area (Å²) in [4.78, 5) is 16.9. The number of benzene rings is 2. The predicted molar refractivity (Wildman–Crippen MR) is 144 cm³/mol. The van der Waals surface area contributed by atoms with Gasteiger partial charge < -0.3 is 15.0 Å². The standard InChI is InChI=1S/C32H42N2O2/c1-2-23-14-9-15-27-30(23)36-19-17-32(27)22-33-21-28(32)31(35)34-18-16-26(24-10-5-3-6-11-24)20-29(34)25-12-7-4-8-13-25/h3,5-6,9-11,14-15,25-26,28-29,33H,2,4,7-8,12-13,16-22H2,1H3/t26-,28?,29+,32+/m1/s1. The number of amides is 1. The largest absolute Gasteiger partial charge is 0.493 e. The van der Waals surface area contributed by atoms with Crippen LogP contribution < -0.4 is 10.1 Å². The Kier molecular flexibility index (Phi) is 6.81. The zero-order valence-electron chi connectivity index (χ0n) is 21.9. The normalized spacial score (nSPS) is 30.7. The van der Waals surface area contributed by atoms with Crippen molar-refractivity contribution in [1.29, 1.82) is 0 Å². The molecule has 192 valence electrons. The molecule has 4 heteroatoms. The van der Waals surface area contributed by atoms with Gasteiger partial charge in [0, 0.05) is 36.7 Å². The van der Waals surface area contributed by atoms with Crippen LogP contribution in [0.5, 0.6) is 5.75 Å². The van der Waals surface area contributed by atoms with Gasteiger partial charge in [0.05, 0.1) is 12.5 Å². The second kappa shape index (κ2) is 10.2. The van der Waals surface area contributed by atoms with E-state index >= 15 is 0 Å². The monoisotopic (exact) mass is 486 g/mol. The van der Waals surface area contributed by atoms with Crippen LogP contribution in [-0.2, 0) is 16.6 Å². The van der Waals surface area contributed by atoms with Crippen LogP contribution in [0.4, 0.5) is 0 Å². The van der Waals surface area contributed by atoms with Crippen LogP contribution in [0.3, 0.4) is 0 Å². The molecule has 1 saturated carbocycles. The average molecular weight is 487 g/mol. The summed E-state index contributed by atoms with van der Waals surface area (Å²) in [6.45, 7) is 5.45. The Balaban J connectivity index is 1.31. The Morgan fingerprint density at radius 3 is 2.69 bits per heavy atom. The number of aryl methyl sites for hydroxylation is 1. The maximum Gasteiger partial charge on any atom is 0.228 e. The van der Waals surface area contributed by atoms with Crippen molar-refractivity contribution in [2.24, 2.45) is 11.8 Å². The van der Waals surface area contributed by atoms with Crippen molar-refractivity contribution in [2.75, 3.05) is 26.2 Å². The van der Waals surface area contributed by atoms with Crippen LogP contribution >= 0.6 is 0 Å². The molecule has 1 spiro atoms. The number of rotatable bonds is 4. The SMILES string of the molecule is CCc1cccc2c1OCC[C@]21CNCC1C(=O)N1CC[C@@H](c2ccccc2)C[C@H]1C1CCCCC1. The quantitative estimate of drug-likeness (QED) is 0.590.